The summed E-state index contributed by atoms with van der Waals surface area (Å²) in [5.41, 5.74) is 1.27. The second-order valence-electron chi connectivity index (χ2n) is 6.14. The number of aromatic nitrogens is 2. The number of amides is 1. The molecule has 1 amide bonds. The summed E-state index contributed by atoms with van der Waals surface area (Å²) in [6.07, 6.45) is -2.84. The number of alkyl halides is 3. The van der Waals surface area contributed by atoms with Crippen LogP contribution in [0.25, 0.3) is 11.4 Å². The van der Waals surface area contributed by atoms with Crippen molar-refractivity contribution >= 4 is 5.91 Å². The molecule has 6 nitrogen and oxygen atoms in total. The zero-order valence-corrected chi connectivity index (χ0v) is 14.1. The van der Waals surface area contributed by atoms with Crippen molar-refractivity contribution in [3.63, 3.8) is 0 Å². The molecule has 1 aromatic carbocycles. The van der Waals surface area contributed by atoms with Crippen LogP contribution in [0.15, 0.2) is 28.8 Å². The van der Waals surface area contributed by atoms with Gasteiger partial charge in [-0.3, -0.25) is 4.79 Å². The van der Waals surface area contributed by atoms with Gasteiger partial charge < -0.3 is 14.2 Å². The molecule has 1 fully saturated rings. The molecular formula is C17H18F3N3O3. The third-order valence-electron chi connectivity index (χ3n) is 4.06. The maximum absolute atomic E-state index is 12.5. The van der Waals surface area contributed by atoms with Gasteiger partial charge in [-0.15, -0.1) is 0 Å². The van der Waals surface area contributed by atoms with E-state index in [-0.39, 0.29) is 17.6 Å². The molecule has 1 aliphatic rings. The highest BCUT2D eigenvalue weighted by Gasteiger charge is 2.38. The second-order valence-corrected chi connectivity index (χ2v) is 6.14. The number of carbonyl (C=O) groups excluding carboxylic acids is 1. The van der Waals surface area contributed by atoms with Gasteiger partial charge in [0.25, 0.3) is 0 Å². The molecule has 0 unspecified atom stereocenters. The van der Waals surface area contributed by atoms with Gasteiger partial charge in [0.1, 0.15) is 0 Å². The first kappa shape index (κ1) is 18.4. The smallest absolute Gasteiger partial charge is 0.383 e. The van der Waals surface area contributed by atoms with Gasteiger partial charge in [0, 0.05) is 31.7 Å². The van der Waals surface area contributed by atoms with Crippen LogP contribution < -0.4 is 0 Å². The predicted molar refractivity (Wildman–Crippen MR) is 84.8 cm³/mol. The maximum Gasteiger partial charge on any atom is 0.471 e. The summed E-state index contributed by atoms with van der Waals surface area (Å²) >= 11 is 0. The molecular weight excluding hydrogens is 351 g/mol. The molecule has 3 rings (SSSR count). The van der Waals surface area contributed by atoms with Crippen molar-refractivity contribution in [3.8, 4) is 11.4 Å². The Morgan fingerprint density at radius 2 is 2.00 bits per heavy atom. The summed E-state index contributed by atoms with van der Waals surface area (Å²) in [4.78, 5) is 17.4. The van der Waals surface area contributed by atoms with Gasteiger partial charge in [0.05, 0.1) is 6.61 Å². The SMILES string of the molecule is COCCN(Cc1ccc(-c2noc(C(F)(F)F)n2)cc1)C(=O)C1CC1. The maximum atomic E-state index is 12.5. The predicted octanol–water partition coefficient (Wildman–Crippen LogP) is 3.14. The van der Waals surface area contributed by atoms with Crippen LogP contribution in [0.5, 0.6) is 0 Å². The molecule has 1 heterocycles. The molecule has 26 heavy (non-hydrogen) atoms. The van der Waals surface area contributed by atoms with Crippen LogP contribution in [0.3, 0.4) is 0 Å². The standard InChI is InChI=1S/C17H18F3N3O3/c1-25-9-8-23(15(24)13-6-7-13)10-11-2-4-12(5-3-11)14-21-16(26-22-14)17(18,19)20/h2-5,13H,6-10H2,1H3. The van der Waals surface area contributed by atoms with Gasteiger partial charge in [-0.25, -0.2) is 0 Å². The van der Waals surface area contributed by atoms with Crippen molar-refractivity contribution in [1.29, 1.82) is 0 Å². The van der Waals surface area contributed by atoms with Crippen molar-refractivity contribution in [3.05, 3.63) is 35.7 Å². The highest BCUT2D eigenvalue weighted by molar-refractivity contribution is 5.81. The Labute approximate surface area is 147 Å². The number of nitrogens with zero attached hydrogens (tertiary/aromatic N) is 3. The van der Waals surface area contributed by atoms with E-state index in [1.54, 1.807) is 36.3 Å². The van der Waals surface area contributed by atoms with Crippen LogP contribution in [-0.2, 0) is 22.3 Å². The third kappa shape index (κ3) is 4.40. The van der Waals surface area contributed by atoms with Crippen molar-refractivity contribution in [2.45, 2.75) is 25.6 Å². The lowest BCUT2D eigenvalue weighted by molar-refractivity contribution is -0.159. The number of carbonyl (C=O) groups is 1. The molecule has 9 heteroatoms. The van der Waals surface area contributed by atoms with Gasteiger partial charge in [-0.2, -0.15) is 18.2 Å². The number of rotatable bonds is 7. The Balaban J connectivity index is 1.69. The van der Waals surface area contributed by atoms with Gasteiger partial charge in [-0.05, 0) is 18.4 Å². The molecule has 140 valence electrons. The zero-order chi connectivity index (χ0) is 18.7. The fourth-order valence-electron chi connectivity index (χ4n) is 2.49. The quantitative estimate of drug-likeness (QED) is 0.750. The summed E-state index contributed by atoms with van der Waals surface area (Å²) in [5.74, 6) is -1.29. The molecule has 0 atom stereocenters. The average Bonchev–Trinajstić information content (AvgIpc) is 3.33. The number of ether oxygens (including phenoxy) is 1. The topological polar surface area (TPSA) is 68.5 Å². The molecule has 0 aliphatic heterocycles. The third-order valence-corrected chi connectivity index (χ3v) is 4.06. The first-order chi connectivity index (χ1) is 12.4. The van der Waals surface area contributed by atoms with E-state index in [9.17, 15) is 18.0 Å². The van der Waals surface area contributed by atoms with Crippen LogP contribution in [0, 0.1) is 5.92 Å². The number of benzene rings is 1. The zero-order valence-electron chi connectivity index (χ0n) is 14.1. The van der Waals surface area contributed by atoms with E-state index in [4.69, 9.17) is 4.74 Å². The first-order valence-corrected chi connectivity index (χ1v) is 8.16. The number of halogens is 3. The first-order valence-electron chi connectivity index (χ1n) is 8.16. The Morgan fingerprint density at radius 1 is 1.31 bits per heavy atom. The average molecular weight is 369 g/mol. The van der Waals surface area contributed by atoms with Crippen LogP contribution in [0.2, 0.25) is 0 Å². The molecule has 0 N–H and O–H groups in total. The summed E-state index contributed by atoms with van der Waals surface area (Å²) < 4.78 is 46.9. The molecule has 1 aliphatic carbocycles. The minimum absolute atomic E-state index is 0.103. The normalized spacial score (nSPS) is 14.5. The molecule has 2 aromatic rings. The van der Waals surface area contributed by atoms with Gasteiger partial charge >= 0.3 is 12.1 Å². The minimum Gasteiger partial charge on any atom is -0.383 e. The largest absolute Gasteiger partial charge is 0.471 e. The lowest BCUT2D eigenvalue weighted by Gasteiger charge is -2.22. The van der Waals surface area contributed by atoms with Crippen LogP contribution >= 0.6 is 0 Å². The monoisotopic (exact) mass is 369 g/mol. The van der Waals surface area contributed by atoms with Gasteiger partial charge in [0.15, 0.2) is 0 Å². The van der Waals surface area contributed by atoms with Crippen molar-refractivity contribution < 1.29 is 27.2 Å². The fraction of sp³-hybridized carbons (Fsp3) is 0.471. The highest BCUT2D eigenvalue weighted by atomic mass is 19.4. The molecule has 0 radical (unpaired) electrons. The molecule has 0 spiro atoms. The van der Waals surface area contributed by atoms with Gasteiger partial charge in [-0.1, -0.05) is 29.4 Å². The van der Waals surface area contributed by atoms with E-state index in [1.807, 2.05) is 0 Å². The van der Waals surface area contributed by atoms with Crippen LogP contribution in [-0.4, -0.2) is 41.2 Å². The van der Waals surface area contributed by atoms with Crippen molar-refractivity contribution in [2.75, 3.05) is 20.3 Å². The minimum atomic E-state index is -4.67. The number of hydrogen-bond donors (Lipinski definition) is 0. The Kier molecular flexibility index (Phi) is 5.26. The number of hydrogen-bond acceptors (Lipinski definition) is 5. The highest BCUT2D eigenvalue weighted by Crippen LogP contribution is 2.32. The fourth-order valence-corrected chi connectivity index (χ4v) is 2.49. The lowest BCUT2D eigenvalue weighted by atomic mass is 10.1. The van der Waals surface area contributed by atoms with E-state index in [0.717, 1.165) is 18.4 Å². The van der Waals surface area contributed by atoms with Crippen LogP contribution in [0.4, 0.5) is 13.2 Å². The van der Waals surface area contributed by atoms with E-state index >= 15 is 0 Å². The van der Waals surface area contributed by atoms with E-state index in [1.165, 1.54) is 0 Å². The van der Waals surface area contributed by atoms with E-state index in [2.05, 4.69) is 14.7 Å². The van der Waals surface area contributed by atoms with Gasteiger partial charge in [0.2, 0.25) is 11.7 Å². The lowest BCUT2D eigenvalue weighted by Crippen LogP contribution is -2.34. The van der Waals surface area contributed by atoms with Crippen molar-refractivity contribution in [2.24, 2.45) is 5.92 Å². The molecule has 1 aromatic heterocycles. The molecule has 0 bridgehead atoms. The molecule has 0 saturated heterocycles. The summed E-state index contributed by atoms with van der Waals surface area (Å²) in [6, 6.07) is 6.69. The Morgan fingerprint density at radius 3 is 2.54 bits per heavy atom. The van der Waals surface area contributed by atoms with Crippen LogP contribution in [0.1, 0.15) is 24.3 Å². The summed E-state index contributed by atoms with van der Waals surface area (Å²) in [5, 5.41) is 3.36. The summed E-state index contributed by atoms with van der Waals surface area (Å²) in [7, 11) is 1.58. The van der Waals surface area contributed by atoms with E-state index in [0.29, 0.717) is 25.3 Å². The molecule has 1 saturated carbocycles. The Bertz CT molecular complexity index is 755. The second kappa shape index (κ2) is 7.45. The summed E-state index contributed by atoms with van der Waals surface area (Å²) in [6.45, 7) is 1.35. The van der Waals surface area contributed by atoms with E-state index < -0.39 is 12.1 Å². The number of methoxy groups -OCH3 is 1. The Hall–Kier alpha value is -2.42. The van der Waals surface area contributed by atoms with Crippen molar-refractivity contribution in [1.82, 2.24) is 15.0 Å².